The fourth-order valence-corrected chi connectivity index (χ4v) is 3.07. The van der Waals surface area contributed by atoms with E-state index in [1.54, 1.807) is 42.5 Å². The van der Waals surface area contributed by atoms with Crippen LogP contribution in [-0.2, 0) is 0 Å². The fraction of sp³-hybridized carbons (Fsp3) is 0.160. The first-order valence-corrected chi connectivity index (χ1v) is 10.8. The average Bonchev–Trinajstić information content (AvgIpc) is 2.80. The van der Waals surface area contributed by atoms with Crippen molar-refractivity contribution in [3.05, 3.63) is 90.0 Å². The highest BCUT2D eigenvalue weighted by molar-refractivity contribution is 7.80. The second-order valence-corrected chi connectivity index (χ2v) is 7.45. The third-order valence-electron chi connectivity index (χ3n) is 4.50. The molecule has 0 atom stereocenters. The summed E-state index contributed by atoms with van der Waals surface area (Å²) in [5.41, 5.74) is 2.20. The smallest absolute Gasteiger partial charge is 0.257 e. The van der Waals surface area contributed by atoms with Gasteiger partial charge in [-0.3, -0.25) is 14.9 Å². The van der Waals surface area contributed by atoms with Crippen molar-refractivity contribution < 1.29 is 14.3 Å². The minimum atomic E-state index is -0.346. The Morgan fingerprint density at radius 2 is 1.50 bits per heavy atom. The molecule has 6 nitrogen and oxygen atoms in total. The van der Waals surface area contributed by atoms with Crippen LogP contribution in [0.1, 0.15) is 40.5 Å². The lowest BCUT2D eigenvalue weighted by Gasteiger charge is -2.12. The van der Waals surface area contributed by atoms with E-state index in [1.807, 2.05) is 36.4 Å². The van der Waals surface area contributed by atoms with Crippen molar-refractivity contribution in [1.29, 1.82) is 0 Å². The Bertz CT molecular complexity index is 1090. The van der Waals surface area contributed by atoms with E-state index >= 15 is 0 Å². The van der Waals surface area contributed by atoms with E-state index < -0.39 is 0 Å². The number of nitrogens with one attached hydrogen (secondary N) is 3. The number of anilines is 2. The van der Waals surface area contributed by atoms with E-state index in [-0.39, 0.29) is 16.9 Å². The van der Waals surface area contributed by atoms with Crippen molar-refractivity contribution in [2.75, 3.05) is 17.2 Å². The zero-order chi connectivity index (χ0) is 22.8. The summed E-state index contributed by atoms with van der Waals surface area (Å²) < 4.78 is 5.65. The monoisotopic (exact) mass is 447 g/mol. The molecule has 3 aromatic carbocycles. The molecule has 0 spiro atoms. The second kappa shape index (κ2) is 11.6. The molecule has 3 rings (SSSR count). The normalized spacial score (nSPS) is 10.2. The summed E-state index contributed by atoms with van der Waals surface area (Å²) in [5.74, 6) is 0.0539. The summed E-state index contributed by atoms with van der Waals surface area (Å²) in [6.45, 7) is 2.70. The molecule has 0 aliphatic rings. The molecule has 164 valence electrons. The molecule has 0 heterocycles. The molecule has 0 fully saturated rings. The zero-order valence-corrected chi connectivity index (χ0v) is 18.6. The minimum absolute atomic E-state index is 0.132. The first kappa shape index (κ1) is 23.0. The number of para-hydroxylation sites is 1. The summed E-state index contributed by atoms with van der Waals surface area (Å²) in [5, 5.41) is 8.57. The number of amides is 2. The number of unbranched alkanes of at least 4 members (excludes halogenated alkanes) is 1. The van der Waals surface area contributed by atoms with Crippen LogP contribution in [0.2, 0.25) is 0 Å². The van der Waals surface area contributed by atoms with E-state index in [2.05, 4.69) is 22.9 Å². The first-order valence-electron chi connectivity index (χ1n) is 10.4. The molecule has 0 unspecified atom stereocenters. The van der Waals surface area contributed by atoms with Crippen LogP contribution in [0.5, 0.6) is 5.75 Å². The van der Waals surface area contributed by atoms with Gasteiger partial charge in [-0.05, 0) is 67.2 Å². The molecule has 0 bridgehead atoms. The molecule has 0 aromatic heterocycles. The topological polar surface area (TPSA) is 79.5 Å². The Balaban J connectivity index is 1.58. The highest BCUT2D eigenvalue weighted by Gasteiger charge is 2.11. The van der Waals surface area contributed by atoms with E-state index in [1.165, 1.54) is 0 Å². The van der Waals surface area contributed by atoms with Gasteiger partial charge in [-0.15, -0.1) is 0 Å². The number of thiocarbonyl (C=S) groups is 1. The average molecular weight is 448 g/mol. The lowest BCUT2D eigenvalue weighted by Crippen LogP contribution is -2.34. The standard InChI is InChI=1S/C25H25N3O3S/c1-2-3-15-31-22-14-8-10-19(17-22)24(30)28-25(32)27-21-13-7-9-18(16-21)23(29)26-20-11-5-4-6-12-20/h4-14,16-17H,2-3,15H2,1H3,(H,26,29)(H2,27,28,30,32). The predicted octanol–water partition coefficient (Wildman–Crippen LogP) is 5.24. The predicted molar refractivity (Wildman–Crippen MR) is 131 cm³/mol. The molecule has 0 saturated heterocycles. The molecule has 3 aromatic rings. The van der Waals surface area contributed by atoms with E-state index in [4.69, 9.17) is 17.0 Å². The second-order valence-electron chi connectivity index (χ2n) is 7.04. The minimum Gasteiger partial charge on any atom is -0.494 e. The molecular formula is C25H25N3O3S. The molecule has 0 aliphatic carbocycles. The fourth-order valence-electron chi connectivity index (χ4n) is 2.86. The summed E-state index contributed by atoms with van der Waals surface area (Å²) >= 11 is 5.27. The maximum Gasteiger partial charge on any atom is 0.257 e. The van der Waals surface area contributed by atoms with Crippen LogP contribution >= 0.6 is 12.2 Å². The maximum atomic E-state index is 12.5. The SMILES string of the molecule is CCCCOc1cccc(C(=O)NC(=S)Nc2cccc(C(=O)Nc3ccccc3)c2)c1. The number of rotatable bonds is 8. The molecule has 3 N–H and O–H groups in total. The van der Waals surface area contributed by atoms with Crippen molar-refractivity contribution in [3.63, 3.8) is 0 Å². The van der Waals surface area contributed by atoms with Gasteiger partial charge in [-0.1, -0.05) is 43.7 Å². The molecule has 0 saturated carbocycles. The molecule has 2 amide bonds. The number of ether oxygens (including phenoxy) is 1. The van der Waals surface area contributed by atoms with Crippen molar-refractivity contribution in [1.82, 2.24) is 5.32 Å². The van der Waals surface area contributed by atoms with Crippen LogP contribution in [-0.4, -0.2) is 23.5 Å². The van der Waals surface area contributed by atoms with Gasteiger partial charge in [0, 0.05) is 22.5 Å². The van der Waals surface area contributed by atoms with Gasteiger partial charge in [0.15, 0.2) is 5.11 Å². The molecule has 0 radical (unpaired) electrons. The molecule has 0 aliphatic heterocycles. The molecular weight excluding hydrogens is 422 g/mol. The third kappa shape index (κ3) is 6.92. The van der Waals surface area contributed by atoms with Gasteiger partial charge in [0.1, 0.15) is 5.75 Å². The lowest BCUT2D eigenvalue weighted by atomic mass is 10.2. The van der Waals surface area contributed by atoms with E-state index in [0.717, 1.165) is 12.8 Å². The Morgan fingerprint density at radius 1 is 0.812 bits per heavy atom. The van der Waals surface area contributed by atoms with Crippen molar-refractivity contribution in [2.45, 2.75) is 19.8 Å². The first-order chi connectivity index (χ1) is 15.5. The van der Waals surface area contributed by atoms with Gasteiger partial charge < -0.3 is 15.4 Å². The summed E-state index contributed by atoms with van der Waals surface area (Å²) in [7, 11) is 0. The van der Waals surface area contributed by atoms with Crippen molar-refractivity contribution >= 4 is 40.5 Å². The van der Waals surface area contributed by atoms with Crippen LogP contribution in [0.4, 0.5) is 11.4 Å². The number of benzene rings is 3. The molecule has 32 heavy (non-hydrogen) atoms. The maximum absolute atomic E-state index is 12.5. The highest BCUT2D eigenvalue weighted by Crippen LogP contribution is 2.15. The highest BCUT2D eigenvalue weighted by atomic mass is 32.1. The van der Waals surface area contributed by atoms with Crippen molar-refractivity contribution in [2.24, 2.45) is 0 Å². The number of carbonyl (C=O) groups is 2. The summed E-state index contributed by atoms with van der Waals surface area (Å²) in [4.78, 5) is 25.0. The summed E-state index contributed by atoms with van der Waals surface area (Å²) in [6, 6.07) is 23.0. The van der Waals surface area contributed by atoms with E-state index in [0.29, 0.717) is 34.9 Å². The van der Waals surface area contributed by atoms with Gasteiger partial charge in [0.2, 0.25) is 0 Å². The van der Waals surface area contributed by atoms with Crippen LogP contribution in [0.3, 0.4) is 0 Å². The Morgan fingerprint density at radius 3 is 2.25 bits per heavy atom. The van der Waals surface area contributed by atoms with Crippen LogP contribution in [0, 0.1) is 0 Å². The van der Waals surface area contributed by atoms with Gasteiger partial charge in [0.25, 0.3) is 11.8 Å². The van der Waals surface area contributed by atoms with E-state index in [9.17, 15) is 9.59 Å². The lowest BCUT2D eigenvalue weighted by molar-refractivity contribution is 0.0975. The van der Waals surface area contributed by atoms with Crippen molar-refractivity contribution in [3.8, 4) is 5.75 Å². The van der Waals surface area contributed by atoms with Crippen LogP contribution in [0.15, 0.2) is 78.9 Å². The van der Waals surface area contributed by atoms with Crippen LogP contribution in [0.25, 0.3) is 0 Å². The Kier molecular flexibility index (Phi) is 8.34. The number of hydrogen-bond donors (Lipinski definition) is 3. The Hall–Kier alpha value is -3.71. The Labute approximate surface area is 193 Å². The third-order valence-corrected chi connectivity index (χ3v) is 4.71. The number of hydrogen-bond acceptors (Lipinski definition) is 4. The van der Waals surface area contributed by atoms with Gasteiger partial charge >= 0.3 is 0 Å². The number of carbonyl (C=O) groups excluding carboxylic acids is 2. The van der Waals surface area contributed by atoms with Crippen LogP contribution < -0.4 is 20.7 Å². The quantitative estimate of drug-likeness (QED) is 0.325. The van der Waals surface area contributed by atoms with Gasteiger partial charge in [-0.25, -0.2) is 0 Å². The van der Waals surface area contributed by atoms with Gasteiger partial charge in [-0.2, -0.15) is 0 Å². The van der Waals surface area contributed by atoms with Gasteiger partial charge in [0.05, 0.1) is 6.61 Å². The largest absolute Gasteiger partial charge is 0.494 e. The molecule has 7 heteroatoms. The summed E-state index contributed by atoms with van der Waals surface area (Å²) in [6.07, 6.45) is 1.99. The zero-order valence-electron chi connectivity index (χ0n) is 17.8.